The number of aliphatic carboxylic acids is 1. The Kier molecular flexibility index (Phi) is 6.51. The molecule has 2 aromatic rings. The van der Waals surface area contributed by atoms with Gasteiger partial charge in [0.25, 0.3) is 0 Å². The number of β-lactam (4-membered cyclic amide) rings is 1. The summed E-state index contributed by atoms with van der Waals surface area (Å²) in [5.74, 6) is -2.57. The summed E-state index contributed by atoms with van der Waals surface area (Å²) in [6.45, 7) is 1.90. The fourth-order valence-electron chi connectivity index (χ4n) is 4.31. The summed E-state index contributed by atoms with van der Waals surface area (Å²) >= 11 is 6.07. The SMILES string of the molecule is C[C@H]1C=C(C[C@H]2C(=O)N(C(=O)NC(c3ccccc3)c3ccccc3)[C@@H]2C(=O)O)C=C(Cl)N1. The number of hydrogen-bond donors (Lipinski definition) is 3. The molecule has 33 heavy (non-hydrogen) atoms. The Hall–Kier alpha value is -3.58. The lowest BCUT2D eigenvalue weighted by atomic mass is 9.81. The van der Waals surface area contributed by atoms with Crippen LogP contribution >= 0.6 is 11.6 Å². The highest BCUT2D eigenvalue weighted by atomic mass is 35.5. The maximum atomic E-state index is 13.1. The van der Waals surface area contributed by atoms with E-state index in [1.54, 1.807) is 6.08 Å². The molecule has 8 heteroatoms. The lowest BCUT2D eigenvalue weighted by molar-refractivity contribution is -0.165. The number of nitrogens with one attached hydrogen (secondary N) is 2. The Labute approximate surface area is 196 Å². The van der Waals surface area contributed by atoms with E-state index in [4.69, 9.17) is 11.6 Å². The van der Waals surface area contributed by atoms with Crippen LogP contribution < -0.4 is 10.6 Å². The second kappa shape index (κ2) is 9.50. The van der Waals surface area contributed by atoms with Crippen molar-refractivity contribution in [3.8, 4) is 0 Å². The fourth-order valence-corrected chi connectivity index (χ4v) is 4.63. The molecule has 0 unspecified atom stereocenters. The van der Waals surface area contributed by atoms with Crippen molar-refractivity contribution in [1.82, 2.24) is 15.5 Å². The third-order valence-electron chi connectivity index (χ3n) is 5.82. The summed E-state index contributed by atoms with van der Waals surface area (Å²) in [7, 11) is 0. The van der Waals surface area contributed by atoms with E-state index in [2.05, 4.69) is 10.6 Å². The van der Waals surface area contributed by atoms with Crippen LogP contribution in [0, 0.1) is 5.92 Å². The van der Waals surface area contributed by atoms with Crippen LogP contribution in [0.25, 0.3) is 0 Å². The van der Waals surface area contributed by atoms with E-state index < -0.39 is 35.9 Å². The minimum absolute atomic E-state index is 0.0344. The predicted octanol–water partition coefficient (Wildman–Crippen LogP) is 3.79. The van der Waals surface area contributed by atoms with Crippen molar-refractivity contribution >= 4 is 29.5 Å². The first kappa shape index (κ1) is 22.6. The Bertz CT molecular complexity index is 1080. The second-order valence-electron chi connectivity index (χ2n) is 8.17. The lowest BCUT2D eigenvalue weighted by Gasteiger charge is -2.43. The molecule has 1 fully saturated rings. The van der Waals surface area contributed by atoms with Gasteiger partial charge in [0.05, 0.1) is 12.0 Å². The highest BCUT2D eigenvalue weighted by Crippen LogP contribution is 2.35. The standard InChI is InChI=1S/C25H24ClN3O4/c1-15-12-16(14-20(26)27-15)13-19-22(24(31)32)29(23(19)30)25(33)28-21(17-8-4-2-5-9-17)18-10-6-3-7-11-18/h2-12,14-15,19,21-22,27H,13H2,1H3,(H,28,33)(H,31,32)/t15-,19+,22-/m0/s1. The van der Waals surface area contributed by atoms with E-state index in [-0.39, 0.29) is 12.5 Å². The molecule has 3 atom stereocenters. The lowest BCUT2D eigenvalue weighted by Crippen LogP contribution is -2.68. The van der Waals surface area contributed by atoms with E-state index in [0.29, 0.717) is 5.16 Å². The molecule has 1 saturated heterocycles. The zero-order chi connectivity index (χ0) is 23.5. The molecule has 3 amide bonds. The van der Waals surface area contributed by atoms with Gasteiger partial charge in [0.1, 0.15) is 5.16 Å². The number of dihydropyridines is 1. The van der Waals surface area contributed by atoms with Crippen LogP contribution in [-0.4, -0.2) is 40.0 Å². The van der Waals surface area contributed by atoms with Crippen LogP contribution in [0.3, 0.4) is 0 Å². The van der Waals surface area contributed by atoms with Crippen molar-refractivity contribution in [2.45, 2.75) is 31.5 Å². The quantitative estimate of drug-likeness (QED) is 0.445. The van der Waals surface area contributed by atoms with Crippen LogP contribution in [0.1, 0.15) is 30.5 Å². The monoisotopic (exact) mass is 465 g/mol. The van der Waals surface area contributed by atoms with Crippen molar-refractivity contribution in [3.05, 3.63) is 94.7 Å². The van der Waals surface area contributed by atoms with E-state index >= 15 is 0 Å². The molecule has 2 aromatic carbocycles. The molecule has 0 saturated carbocycles. The van der Waals surface area contributed by atoms with Gasteiger partial charge in [0, 0.05) is 6.04 Å². The number of allylic oxidation sites excluding steroid dienone is 2. The Morgan fingerprint density at radius 1 is 1.09 bits per heavy atom. The summed E-state index contributed by atoms with van der Waals surface area (Å²) in [4.78, 5) is 38.8. The molecule has 0 radical (unpaired) electrons. The average molecular weight is 466 g/mol. The van der Waals surface area contributed by atoms with Gasteiger partial charge in [-0.2, -0.15) is 0 Å². The fraction of sp³-hybridized carbons (Fsp3) is 0.240. The number of nitrogens with zero attached hydrogens (tertiary/aromatic N) is 1. The first-order chi connectivity index (χ1) is 15.8. The van der Waals surface area contributed by atoms with Gasteiger partial charge in [-0.05, 0) is 36.1 Å². The molecule has 0 bridgehead atoms. The largest absolute Gasteiger partial charge is 0.480 e. The third kappa shape index (κ3) is 4.78. The summed E-state index contributed by atoms with van der Waals surface area (Å²) in [6, 6.07) is 16.1. The Morgan fingerprint density at radius 3 is 2.18 bits per heavy atom. The van der Waals surface area contributed by atoms with Crippen LogP contribution in [0.4, 0.5) is 4.79 Å². The van der Waals surface area contributed by atoms with Crippen LogP contribution in [0.2, 0.25) is 0 Å². The highest BCUT2D eigenvalue weighted by molar-refractivity contribution is 6.29. The average Bonchev–Trinajstić information content (AvgIpc) is 2.79. The van der Waals surface area contributed by atoms with Crippen molar-refractivity contribution in [1.29, 1.82) is 0 Å². The molecular weight excluding hydrogens is 442 g/mol. The molecule has 4 rings (SSSR count). The van der Waals surface area contributed by atoms with Crippen LogP contribution in [0.5, 0.6) is 0 Å². The van der Waals surface area contributed by atoms with Gasteiger partial charge in [-0.15, -0.1) is 0 Å². The first-order valence-corrected chi connectivity index (χ1v) is 11.0. The van der Waals surface area contributed by atoms with E-state index in [9.17, 15) is 19.5 Å². The molecule has 3 N–H and O–H groups in total. The maximum absolute atomic E-state index is 13.1. The number of hydrogen-bond acceptors (Lipinski definition) is 4. The molecule has 2 aliphatic heterocycles. The van der Waals surface area contributed by atoms with Crippen LogP contribution in [-0.2, 0) is 9.59 Å². The molecule has 0 aliphatic carbocycles. The number of amides is 3. The van der Waals surface area contributed by atoms with Gasteiger partial charge in [0.15, 0.2) is 6.04 Å². The number of imide groups is 1. The zero-order valence-electron chi connectivity index (χ0n) is 17.9. The normalized spacial score (nSPS) is 22.1. The molecule has 170 valence electrons. The van der Waals surface area contributed by atoms with Crippen molar-refractivity contribution in [2.75, 3.05) is 0 Å². The molecule has 0 aromatic heterocycles. The van der Waals surface area contributed by atoms with Crippen molar-refractivity contribution in [3.63, 3.8) is 0 Å². The number of likely N-dealkylation sites (tertiary alicyclic amines) is 1. The smallest absolute Gasteiger partial charge is 0.327 e. The second-order valence-corrected chi connectivity index (χ2v) is 8.58. The number of rotatable bonds is 6. The summed E-state index contributed by atoms with van der Waals surface area (Å²) < 4.78 is 0. The minimum Gasteiger partial charge on any atom is -0.480 e. The number of carbonyl (C=O) groups is 3. The van der Waals surface area contributed by atoms with Gasteiger partial charge in [-0.3, -0.25) is 4.79 Å². The molecule has 7 nitrogen and oxygen atoms in total. The molecule has 2 aliphatic rings. The number of carbonyl (C=O) groups excluding carboxylic acids is 2. The predicted molar refractivity (Wildman–Crippen MR) is 124 cm³/mol. The van der Waals surface area contributed by atoms with Gasteiger partial charge in [0.2, 0.25) is 5.91 Å². The number of halogens is 1. The maximum Gasteiger partial charge on any atom is 0.327 e. The molecular formula is C25H24ClN3O4. The zero-order valence-corrected chi connectivity index (χ0v) is 18.7. The summed E-state index contributed by atoms with van der Waals surface area (Å²) in [6.07, 6.45) is 3.77. The summed E-state index contributed by atoms with van der Waals surface area (Å²) in [5, 5.41) is 16.1. The van der Waals surface area contributed by atoms with Crippen molar-refractivity contribution < 1.29 is 19.5 Å². The number of benzene rings is 2. The van der Waals surface area contributed by atoms with E-state index in [1.165, 1.54) is 0 Å². The van der Waals surface area contributed by atoms with Gasteiger partial charge in [-0.1, -0.05) is 78.3 Å². The number of urea groups is 1. The highest BCUT2D eigenvalue weighted by Gasteiger charge is 2.55. The van der Waals surface area contributed by atoms with Gasteiger partial charge >= 0.3 is 12.0 Å². The van der Waals surface area contributed by atoms with Crippen LogP contribution in [0.15, 0.2) is 83.5 Å². The summed E-state index contributed by atoms with van der Waals surface area (Å²) in [5.41, 5.74) is 2.41. The third-order valence-corrected chi connectivity index (χ3v) is 6.03. The van der Waals surface area contributed by atoms with E-state index in [1.807, 2.05) is 73.7 Å². The molecule has 0 spiro atoms. The molecule has 2 heterocycles. The number of carboxylic acid groups (broad SMARTS) is 1. The first-order valence-electron chi connectivity index (χ1n) is 10.7. The van der Waals surface area contributed by atoms with E-state index in [0.717, 1.165) is 21.6 Å². The number of carboxylic acids is 1. The Balaban J connectivity index is 1.54. The van der Waals surface area contributed by atoms with Gasteiger partial charge in [-0.25, -0.2) is 14.5 Å². The van der Waals surface area contributed by atoms with Gasteiger partial charge < -0.3 is 15.7 Å². The minimum atomic E-state index is -1.25. The Morgan fingerprint density at radius 2 is 1.67 bits per heavy atom. The topological polar surface area (TPSA) is 98.7 Å². The van der Waals surface area contributed by atoms with Crippen molar-refractivity contribution in [2.24, 2.45) is 5.92 Å².